The molecule has 10 N–H and O–H groups in total. The summed E-state index contributed by atoms with van der Waals surface area (Å²) in [6.45, 7) is 17.4. The molecule has 17 nitrogen and oxygen atoms in total. The Bertz CT molecular complexity index is 1330. The average Bonchev–Trinajstić information content (AvgIpc) is 3.15. The third kappa shape index (κ3) is 21.5. The van der Waals surface area contributed by atoms with Crippen LogP contribution >= 0.6 is 0 Å². The Balaban J connectivity index is 5.36. The molecule has 0 rings (SSSR count). The van der Waals surface area contributed by atoms with Crippen molar-refractivity contribution in [3.8, 4) is 0 Å². The summed E-state index contributed by atoms with van der Waals surface area (Å²) < 4.78 is 0. The van der Waals surface area contributed by atoms with Gasteiger partial charge in [-0.1, -0.05) is 106 Å². The number of amides is 8. The van der Waals surface area contributed by atoms with Gasteiger partial charge in [0.1, 0.15) is 36.3 Å². The van der Waals surface area contributed by atoms with Crippen molar-refractivity contribution in [3.63, 3.8) is 0 Å². The van der Waals surface area contributed by atoms with Gasteiger partial charge in [0.2, 0.25) is 47.3 Å². The molecule has 0 heterocycles. The van der Waals surface area contributed by atoms with Crippen LogP contribution in [0, 0.1) is 17.8 Å². The highest BCUT2D eigenvalue weighted by Gasteiger charge is 2.35. The SMILES string of the molecule is CCCCCCCCCCCCNC(=O)C[C@H](NC(=O)[C@@H](NC(=O)[C@@H](NC(=O)C(NC(=O)[C@H](C)NC(=O)[C@H](C)NC(=O)[C@H](C)NC)C(C)C)C(C)C)C(C)C)C(N)=O. The molecule has 0 spiro atoms. The first-order valence-electron chi connectivity index (χ1n) is 21.2. The Morgan fingerprint density at radius 2 is 0.793 bits per heavy atom. The van der Waals surface area contributed by atoms with Crippen LogP contribution in [-0.4, -0.2) is 103 Å². The second-order valence-electron chi connectivity index (χ2n) is 16.4. The summed E-state index contributed by atoms with van der Waals surface area (Å²) in [4.78, 5) is 103. The zero-order valence-electron chi connectivity index (χ0n) is 37.1. The molecule has 334 valence electrons. The molecule has 0 aliphatic rings. The second kappa shape index (κ2) is 29.0. The van der Waals surface area contributed by atoms with Gasteiger partial charge in [-0.15, -0.1) is 0 Å². The van der Waals surface area contributed by atoms with Crippen LogP contribution in [0.2, 0.25) is 0 Å². The standard InChI is InChI=1S/C41H77N9O8/c1-12-13-14-15-16-17-18-19-20-21-22-44-31(51)23-30(35(42)52)47-39(56)32(24(2)3)49-41(58)34(26(6)7)50-40(57)33(25(4)5)48-38(55)29(10)46-37(54)28(9)45-36(53)27(8)43-11/h24-30,32-34,43H,12-23H2,1-11H3,(H2,42,52)(H,44,51)(H,45,53)(H,46,54)(H,47,56)(H,48,55)(H,49,58)(H,50,57)/t27-,28-,29-,30-,32-,33?,34-/m0/s1. The van der Waals surface area contributed by atoms with Gasteiger partial charge in [-0.2, -0.15) is 0 Å². The molecule has 8 amide bonds. The predicted octanol–water partition coefficient (Wildman–Crippen LogP) is 1.42. The van der Waals surface area contributed by atoms with Crippen molar-refractivity contribution in [2.24, 2.45) is 23.5 Å². The maximum Gasteiger partial charge on any atom is 0.243 e. The number of primary amides is 1. The van der Waals surface area contributed by atoms with Crippen LogP contribution in [0.3, 0.4) is 0 Å². The largest absolute Gasteiger partial charge is 0.368 e. The van der Waals surface area contributed by atoms with E-state index in [1.807, 2.05) is 0 Å². The van der Waals surface area contributed by atoms with E-state index in [2.05, 4.69) is 49.5 Å². The molecule has 0 aromatic carbocycles. The van der Waals surface area contributed by atoms with Crippen LogP contribution in [-0.2, 0) is 38.4 Å². The van der Waals surface area contributed by atoms with Gasteiger partial charge in [0.25, 0.3) is 0 Å². The highest BCUT2D eigenvalue weighted by Crippen LogP contribution is 2.12. The molecule has 1 unspecified atom stereocenters. The van der Waals surface area contributed by atoms with Gasteiger partial charge in [0.15, 0.2) is 0 Å². The summed E-state index contributed by atoms with van der Waals surface area (Å²) in [5.74, 6) is -6.43. The van der Waals surface area contributed by atoms with E-state index in [4.69, 9.17) is 5.73 Å². The number of unbranched alkanes of at least 4 members (excludes halogenated alkanes) is 9. The number of likely N-dealkylation sites (N-methyl/N-ethyl adjacent to an activating group) is 1. The number of carbonyl (C=O) groups excluding carboxylic acids is 8. The summed E-state index contributed by atoms with van der Waals surface area (Å²) in [7, 11) is 1.60. The molecule has 7 atom stereocenters. The normalized spacial score (nSPS) is 14.9. The van der Waals surface area contributed by atoms with Gasteiger partial charge >= 0.3 is 0 Å². The minimum absolute atomic E-state index is 0.363. The third-order valence-corrected chi connectivity index (χ3v) is 9.97. The van der Waals surface area contributed by atoms with E-state index in [1.165, 1.54) is 52.4 Å². The van der Waals surface area contributed by atoms with Gasteiger partial charge in [-0.3, -0.25) is 38.4 Å². The molecule has 0 fully saturated rings. The predicted molar refractivity (Wildman–Crippen MR) is 225 cm³/mol. The first-order chi connectivity index (χ1) is 27.2. The fourth-order valence-electron chi connectivity index (χ4n) is 5.89. The van der Waals surface area contributed by atoms with Gasteiger partial charge in [0, 0.05) is 6.54 Å². The summed E-state index contributed by atoms with van der Waals surface area (Å²) in [5.41, 5.74) is 5.55. The Morgan fingerprint density at radius 3 is 1.17 bits per heavy atom. The van der Waals surface area contributed by atoms with Crippen LogP contribution in [0.4, 0.5) is 0 Å². The van der Waals surface area contributed by atoms with Crippen molar-refractivity contribution in [1.82, 2.24) is 42.5 Å². The van der Waals surface area contributed by atoms with Gasteiger partial charge < -0.3 is 48.3 Å². The number of hydrogen-bond donors (Lipinski definition) is 9. The van der Waals surface area contributed by atoms with Crippen LogP contribution in [0.15, 0.2) is 0 Å². The minimum atomic E-state index is -1.31. The number of carbonyl (C=O) groups is 8. The molecule has 0 bridgehead atoms. The van der Waals surface area contributed by atoms with Gasteiger partial charge in [0.05, 0.1) is 12.5 Å². The van der Waals surface area contributed by atoms with Crippen molar-refractivity contribution < 1.29 is 38.4 Å². The van der Waals surface area contributed by atoms with E-state index < -0.39 is 107 Å². The van der Waals surface area contributed by atoms with Gasteiger partial charge in [-0.25, -0.2) is 0 Å². The Labute approximate surface area is 346 Å². The molecule has 0 saturated carbocycles. The monoisotopic (exact) mass is 824 g/mol. The van der Waals surface area contributed by atoms with Crippen LogP contribution in [0.5, 0.6) is 0 Å². The maximum atomic E-state index is 13.6. The van der Waals surface area contributed by atoms with E-state index in [0.717, 1.165) is 25.7 Å². The van der Waals surface area contributed by atoms with Crippen molar-refractivity contribution in [2.45, 2.75) is 182 Å². The average molecular weight is 824 g/mol. The van der Waals surface area contributed by atoms with Crippen LogP contribution in [0.1, 0.15) is 140 Å². The number of rotatable bonds is 30. The van der Waals surface area contributed by atoms with E-state index in [1.54, 1.807) is 55.5 Å². The number of nitrogens with two attached hydrogens (primary N) is 1. The molecule has 0 saturated heterocycles. The van der Waals surface area contributed by atoms with E-state index >= 15 is 0 Å². The zero-order valence-corrected chi connectivity index (χ0v) is 37.1. The molecular weight excluding hydrogens is 747 g/mol. The first-order valence-corrected chi connectivity index (χ1v) is 21.2. The van der Waals surface area contributed by atoms with Gasteiger partial charge in [-0.05, 0) is 52.0 Å². The van der Waals surface area contributed by atoms with E-state index in [9.17, 15) is 38.4 Å². The topological polar surface area (TPSA) is 259 Å². The Hall–Kier alpha value is -4.28. The minimum Gasteiger partial charge on any atom is -0.368 e. The smallest absolute Gasteiger partial charge is 0.243 e. The summed E-state index contributed by atoms with van der Waals surface area (Å²) in [6, 6.07) is -7.25. The quantitative estimate of drug-likeness (QED) is 0.0474. The highest BCUT2D eigenvalue weighted by molar-refractivity contribution is 5.97. The highest BCUT2D eigenvalue weighted by atomic mass is 16.2. The summed E-state index contributed by atoms with van der Waals surface area (Å²) in [6.07, 6.45) is 11.2. The van der Waals surface area contributed by atoms with Crippen molar-refractivity contribution in [3.05, 3.63) is 0 Å². The van der Waals surface area contributed by atoms with E-state index in [0.29, 0.717) is 6.54 Å². The lowest BCUT2D eigenvalue weighted by atomic mass is 9.97. The molecule has 0 aliphatic carbocycles. The Kier molecular flexibility index (Phi) is 26.9. The van der Waals surface area contributed by atoms with Crippen molar-refractivity contribution >= 4 is 47.3 Å². The second-order valence-corrected chi connectivity index (χ2v) is 16.4. The molecule has 17 heteroatoms. The third-order valence-electron chi connectivity index (χ3n) is 9.97. The first kappa shape index (κ1) is 53.7. The van der Waals surface area contributed by atoms with E-state index in [-0.39, 0.29) is 6.42 Å². The van der Waals surface area contributed by atoms with Crippen LogP contribution < -0.4 is 48.3 Å². The fourth-order valence-corrected chi connectivity index (χ4v) is 5.89. The molecule has 58 heavy (non-hydrogen) atoms. The molecule has 0 aromatic heterocycles. The van der Waals surface area contributed by atoms with Crippen molar-refractivity contribution in [2.75, 3.05) is 13.6 Å². The fraction of sp³-hybridized carbons (Fsp3) is 0.805. The van der Waals surface area contributed by atoms with Crippen molar-refractivity contribution in [1.29, 1.82) is 0 Å². The lowest BCUT2D eigenvalue weighted by Crippen LogP contribution is -2.61. The Morgan fingerprint density at radius 1 is 0.448 bits per heavy atom. The number of hydrogen-bond acceptors (Lipinski definition) is 9. The maximum absolute atomic E-state index is 13.6. The molecule has 0 aromatic rings. The molecule has 0 radical (unpaired) electrons. The lowest BCUT2D eigenvalue weighted by molar-refractivity contribution is -0.137. The zero-order chi connectivity index (χ0) is 44.5. The lowest BCUT2D eigenvalue weighted by Gasteiger charge is -2.30. The number of nitrogens with one attached hydrogen (secondary N) is 8. The molecular formula is C41H77N9O8. The summed E-state index contributed by atoms with van der Waals surface area (Å²) >= 11 is 0. The van der Waals surface area contributed by atoms with Crippen LogP contribution in [0.25, 0.3) is 0 Å². The summed E-state index contributed by atoms with van der Waals surface area (Å²) in [5, 5.41) is 21.1. The molecule has 0 aliphatic heterocycles.